The van der Waals surface area contributed by atoms with Crippen LogP contribution in [-0.4, -0.2) is 53.5 Å². The predicted molar refractivity (Wildman–Crippen MR) is 75.4 cm³/mol. The van der Waals surface area contributed by atoms with Crippen LogP contribution in [-0.2, 0) is 0 Å². The van der Waals surface area contributed by atoms with Crippen LogP contribution in [0, 0.1) is 18.3 Å². The minimum absolute atomic E-state index is 0.00670. The van der Waals surface area contributed by atoms with Crippen LogP contribution in [0.4, 0.5) is 13.2 Å². The van der Waals surface area contributed by atoms with Crippen molar-refractivity contribution in [1.82, 2.24) is 15.5 Å². The summed E-state index contributed by atoms with van der Waals surface area (Å²) in [6, 6.07) is 0. The molecule has 2 aliphatic rings. The molecular weight excluding hydrogens is 311 g/mol. The lowest BCUT2D eigenvalue weighted by molar-refractivity contribution is -0.181. The second kappa shape index (κ2) is 6.75. The number of hydrogen-bond acceptors (Lipinski definition) is 4. The van der Waals surface area contributed by atoms with Gasteiger partial charge in [0.1, 0.15) is 5.50 Å². The standard InChI is InChI=1S/C12H17ClF3N3S/c1-2-5-20-11-17-3-4-19(11)10-9(13)6-8(7-18-10)12(14,15)16/h1,8-11,17-18H,3-7H2. The van der Waals surface area contributed by atoms with E-state index < -0.39 is 17.5 Å². The van der Waals surface area contributed by atoms with E-state index in [1.54, 1.807) is 11.8 Å². The van der Waals surface area contributed by atoms with Gasteiger partial charge in [-0.15, -0.1) is 29.8 Å². The van der Waals surface area contributed by atoms with Gasteiger partial charge in [0.25, 0.3) is 0 Å². The van der Waals surface area contributed by atoms with Crippen LogP contribution >= 0.6 is 23.4 Å². The van der Waals surface area contributed by atoms with Crippen molar-refractivity contribution in [3.05, 3.63) is 0 Å². The Kier molecular flexibility index (Phi) is 5.49. The summed E-state index contributed by atoms with van der Waals surface area (Å²) in [4.78, 5) is 2.06. The first-order valence-electron chi connectivity index (χ1n) is 6.42. The number of rotatable bonds is 3. The Bertz CT molecular complexity index is 374. The Hall–Kier alpha value is -0.130. The highest BCUT2D eigenvalue weighted by Gasteiger charge is 2.46. The van der Waals surface area contributed by atoms with Gasteiger partial charge in [0, 0.05) is 19.6 Å². The highest BCUT2D eigenvalue weighted by atomic mass is 35.5. The van der Waals surface area contributed by atoms with E-state index in [0.717, 1.165) is 13.1 Å². The minimum Gasteiger partial charge on any atom is -0.300 e. The largest absolute Gasteiger partial charge is 0.393 e. The predicted octanol–water partition coefficient (Wildman–Crippen LogP) is 1.65. The molecule has 0 radical (unpaired) electrons. The highest BCUT2D eigenvalue weighted by Crippen LogP contribution is 2.35. The van der Waals surface area contributed by atoms with E-state index in [4.69, 9.17) is 18.0 Å². The number of alkyl halides is 4. The maximum absolute atomic E-state index is 12.7. The molecule has 0 aromatic heterocycles. The molecule has 3 nitrogen and oxygen atoms in total. The molecule has 4 unspecified atom stereocenters. The summed E-state index contributed by atoms with van der Waals surface area (Å²) in [6.07, 6.45) is 0.752. The number of hydrogen-bond donors (Lipinski definition) is 2. The van der Waals surface area contributed by atoms with Crippen LogP contribution in [0.5, 0.6) is 0 Å². The van der Waals surface area contributed by atoms with E-state index in [-0.39, 0.29) is 24.6 Å². The van der Waals surface area contributed by atoms with E-state index in [0.29, 0.717) is 5.75 Å². The van der Waals surface area contributed by atoms with Crippen molar-refractivity contribution in [3.8, 4) is 12.3 Å². The SMILES string of the molecule is C#CCSC1NCCN1C1NCC(C(F)(F)F)CC1Cl. The van der Waals surface area contributed by atoms with Gasteiger partial charge in [0.2, 0.25) is 0 Å². The normalized spacial score (nSPS) is 36.0. The third kappa shape index (κ3) is 3.74. The van der Waals surface area contributed by atoms with Crippen molar-refractivity contribution >= 4 is 23.4 Å². The van der Waals surface area contributed by atoms with Crippen LogP contribution in [0.25, 0.3) is 0 Å². The van der Waals surface area contributed by atoms with Gasteiger partial charge in [-0.05, 0) is 6.42 Å². The summed E-state index contributed by atoms with van der Waals surface area (Å²) in [5.41, 5.74) is 0.00670. The first-order chi connectivity index (χ1) is 9.43. The summed E-state index contributed by atoms with van der Waals surface area (Å²) >= 11 is 7.73. The van der Waals surface area contributed by atoms with Crippen molar-refractivity contribution in [3.63, 3.8) is 0 Å². The topological polar surface area (TPSA) is 27.3 Å². The quantitative estimate of drug-likeness (QED) is 0.609. The highest BCUT2D eigenvalue weighted by molar-refractivity contribution is 8.00. The summed E-state index contributed by atoms with van der Waals surface area (Å²) < 4.78 is 38.1. The average molecular weight is 328 g/mol. The summed E-state index contributed by atoms with van der Waals surface area (Å²) in [6.45, 7) is 1.45. The van der Waals surface area contributed by atoms with E-state index in [2.05, 4.69) is 21.5 Å². The molecule has 2 N–H and O–H groups in total. The zero-order valence-corrected chi connectivity index (χ0v) is 12.4. The van der Waals surface area contributed by atoms with E-state index in [9.17, 15) is 13.2 Å². The Morgan fingerprint density at radius 2 is 2.15 bits per heavy atom. The third-order valence-corrected chi connectivity index (χ3v) is 5.06. The lowest BCUT2D eigenvalue weighted by Crippen LogP contribution is -2.59. The first-order valence-corrected chi connectivity index (χ1v) is 7.90. The van der Waals surface area contributed by atoms with Crippen molar-refractivity contribution in [2.24, 2.45) is 5.92 Å². The molecule has 0 aromatic carbocycles. The fourth-order valence-corrected chi connectivity index (χ4v) is 3.93. The van der Waals surface area contributed by atoms with E-state index in [1.807, 2.05) is 0 Å². The van der Waals surface area contributed by atoms with Crippen molar-refractivity contribution < 1.29 is 13.2 Å². The second-order valence-corrected chi connectivity index (χ2v) is 6.53. The van der Waals surface area contributed by atoms with Crippen LogP contribution in [0.3, 0.4) is 0 Å². The molecule has 2 aliphatic heterocycles. The van der Waals surface area contributed by atoms with Crippen LogP contribution in [0.1, 0.15) is 6.42 Å². The van der Waals surface area contributed by atoms with E-state index in [1.165, 1.54) is 0 Å². The Morgan fingerprint density at radius 1 is 1.40 bits per heavy atom. The van der Waals surface area contributed by atoms with E-state index >= 15 is 0 Å². The number of halogens is 4. The first kappa shape index (κ1) is 16.2. The maximum Gasteiger partial charge on any atom is 0.393 e. The molecule has 0 aromatic rings. The van der Waals surface area contributed by atoms with Gasteiger partial charge in [-0.3, -0.25) is 15.5 Å². The second-order valence-electron chi connectivity index (χ2n) is 4.90. The van der Waals surface area contributed by atoms with Crippen LogP contribution < -0.4 is 10.6 Å². The van der Waals surface area contributed by atoms with Crippen LogP contribution in [0.2, 0.25) is 0 Å². The van der Waals surface area contributed by atoms with Gasteiger partial charge in [-0.2, -0.15) is 13.2 Å². The summed E-state index contributed by atoms with van der Waals surface area (Å²) in [5, 5.41) is 5.65. The van der Waals surface area contributed by atoms with Crippen molar-refractivity contribution in [2.45, 2.75) is 29.6 Å². The fourth-order valence-electron chi connectivity index (χ4n) is 2.57. The molecule has 0 saturated carbocycles. The molecule has 2 rings (SSSR count). The average Bonchev–Trinajstić information content (AvgIpc) is 2.83. The smallest absolute Gasteiger partial charge is 0.300 e. The molecule has 2 fully saturated rings. The van der Waals surface area contributed by atoms with Gasteiger partial charge in [0.15, 0.2) is 0 Å². The van der Waals surface area contributed by atoms with Gasteiger partial charge in [-0.1, -0.05) is 5.92 Å². The number of thioether (sulfide) groups is 1. The zero-order valence-electron chi connectivity index (χ0n) is 10.8. The molecule has 2 heterocycles. The molecule has 8 heteroatoms. The maximum atomic E-state index is 12.7. The molecule has 114 valence electrons. The van der Waals surface area contributed by atoms with Gasteiger partial charge in [0.05, 0.1) is 23.2 Å². The van der Waals surface area contributed by atoms with Crippen molar-refractivity contribution in [2.75, 3.05) is 25.4 Å². The monoisotopic (exact) mass is 327 g/mol. The van der Waals surface area contributed by atoms with Gasteiger partial charge in [-0.25, -0.2) is 0 Å². The molecule has 4 atom stereocenters. The lowest BCUT2D eigenvalue weighted by atomic mass is 9.96. The van der Waals surface area contributed by atoms with Crippen LogP contribution in [0.15, 0.2) is 0 Å². The molecule has 0 aliphatic carbocycles. The van der Waals surface area contributed by atoms with Gasteiger partial charge < -0.3 is 0 Å². The van der Waals surface area contributed by atoms with Gasteiger partial charge >= 0.3 is 6.18 Å². The zero-order chi connectivity index (χ0) is 14.8. The Labute approximate surface area is 126 Å². The fraction of sp³-hybridized carbons (Fsp3) is 0.833. The molecule has 0 spiro atoms. The van der Waals surface area contributed by atoms with Crippen molar-refractivity contribution in [1.29, 1.82) is 0 Å². The molecule has 2 saturated heterocycles. The number of nitrogens with zero attached hydrogens (tertiary/aromatic N) is 1. The summed E-state index contributed by atoms with van der Waals surface area (Å²) in [7, 11) is 0. The third-order valence-electron chi connectivity index (χ3n) is 3.56. The molecular formula is C12H17ClF3N3S. The summed E-state index contributed by atoms with van der Waals surface area (Å²) in [5.74, 6) is 1.74. The Balaban J connectivity index is 1.95. The molecule has 20 heavy (non-hydrogen) atoms. The lowest BCUT2D eigenvalue weighted by Gasteiger charge is -2.41. The minimum atomic E-state index is -4.19. The number of terminal acetylenes is 1. The number of nitrogens with one attached hydrogen (secondary N) is 2. The molecule has 0 amide bonds. The Morgan fingerprint density at radius 3 is 2.75 bits per heavy atom. The number of piperidine rings is 1. The molecule has 0 bridgehead atoms.